The molecule has 1 aromatic rings. The van der Waals surface area contributed by atoms with Crippen LogP contribution in [0.3, 0.4) is 0 Å². The summed E-state index contributed by atoms with van der Waals surface area (Å²) in [5, 5.41) is 0. The number of hydrogen-bond acceptors (Lipinski definition) is 1. The van der Waals surface area contributed by atoms with Crippen LogP contribution in [0.5, 0.6) is 0 Å². The third-order valence-electron chi connectivity index (χ3n) is 2.78. The zero-order valence-electron chi connectivity index (χ0n) is 11.9. The summed E-state index contributed by atoms with van der Waals surface area (Å²) in [6.07, 6.45) is 0. The maximum absolute atomic E-state index is 5.67. The van der Waals surface area contributed by atoms with Gasteiger partial charge in [-0.15, -0.1) is 11.6 Å². The lowest BCUT2D eigenvalue weighted by molar-refractivity contribution is 0.321. The highest BCUT2D eigenvalue weighted by molar-refractivity contribution is 6.17. The molecule has 1 nitrogen and oxygen atoms in total. The van der Waals surface area contributed by atoms with Crippen molar-refractivity contribution in [1.29, 1.82) is 0 Å². The standard InChI is InChI=1S/C9H11Cl.C6H15N/c1-7-3-8(2)5-9(4-7)6-10;1-4-7(5-2)6-3/h3-5H,6H2,1-2H3;4-6H2,1-3H3. The Balaban J connectivity index is 0.000000325. The first-order chi connectivity index (χ1) is 8.07. The molecule has 1 rings (SSSR count). The first kappa shape index (κ1) is 16.5. The lowest BCUT2D eigenvalue weighted by Gasteiger charge is -2.13. The Morgan fingerprint density at radius 2 is 1.29 bits per heavy atom. The second-order valence-electron chi connectivity index (χ2n) is 4.25. The second-order valence-corrected chi connectivity index (χ2v) is 4.52. The Morgan fingerprint density at radius 3 is 1.53 bits per heavy atom. The van der Waals surface area contributed by atoms with Gasteiger partial charge in [0.15, 0.2) is 0 Å². The van der Waals surface area contributed by atoms with Gasteiger partial charge in [-0.1, -0.05) is 50.1 Å². The number of alkyl halides is 1. The van der Waals surface area contributed by atoms with Crippen LogP contribution in [-0.4, -0.2) is 24.5 Å². The second kappa shape index (κ2) is 9.49. The highest BCUT2D eigenvalue weighted by atomic mass is 35.5. The fourth-order valence-electron chi connectivity index (χ4n) is 1.82. The third kappa shape index (κ3) is 7.40. The summed E-state index contributed by atoms with van der Waals surface area (Å²) in [5.41, 5.74) is 3.78. The van der Waals surface area contributed by atoms with Crippen molar-refractivity contribution < 1.29 is 0 Å². The molecule has 0 saturated heterocycles. The maximum atomic E-state index is 5.67. The summed E-state index contributed by atoms with van der Waals surface area (Å²) in [5.74, 6) is 0.614. The van der Waals surface area contributed by atoms with E-state index in [2.05, 4.69) is 57.7 Å². The van der Waals surface area contributed by atoms with E-state index in [0.29, 0.717) is 5.88 Å². The molecular formula is C15H26ClN. The fraction of sp³-hybridized carbons (Fsp3) is 0.600. The monoisotopic (exact) mass is 255 g/mol. The zero-order valence-corrected chi connectivity index (χ0v) is 12.6. The Bertz CT molecular complexity index is 280. The molecule has 0 bridgehead atoms. The van der Waals surface area contributed by atoms with Crippen LogP contribution >= 0.6 is 11.6 Å². The molecule has 1 aromatic carbocycles. The van der Waals surface area contributed by atoms with Crippen LogP contribution in [0.4, 0.5) is 0 Å². The van der Waals surface area contributed by atoms with Gasteiger partial charge >= 0.3 is 0 Å². The quantitative estimate of drug-likeness (QED) is 0.722. The van der Waals surface area contributed by atoms with Gasteiger partial charge in [-0.05, 0) is 39.0 Å². The van der Waals surface area contributed by atoms with Crippen LogP contribution in [-0.2, 0) is 5.88 Å². The van der Waals surface area contributed by atoms with Gasteiger partial charge in [-0.2, -0.15) is 0 Å². The van der Waals surface area contributed by atoms with E-state index in [4.69, 9.17) is 11.6 Å². The molecule has 0 aliphatic heterocycles. The Hall–Kier alpha value is -0.530. The number of halogens is 1. The molecule has 0 amide bonds. The van der Waals surface area contributed by atoms with E-state index >= 15 is 0 Å². The minimum absolute atomic E-state index is 0.614. The van der Waals surface area contributed by atoms with Crippen LogP contribution in [0.1, 0.15) is 37.5 Å². The fourth-order valence-corrected chi connectivity index (χ4v) is 1.97. The summed E-state index contributed by atoms with van der Waals surface area (Å²) in [7, 11) is 0. The van der Waals surface area contributed by atoms with E-state index in [1.54, 1.807) is 0 Å². The minimum Gasteiger partial charge on any atom is -0.304 e. The smallest absolute Gasteiger partial charge is 0.0474 e. The van der Waals surface area contributed by atoms with E-state index in [0.717, 1.165) is 0 Å². The van der Waals surface area contributed by atoms with Gasteiger partial charge in [-0.25, -0.2) is 0 Å². The molecule has 0 saturated carbocycles. The van der Waals surface area contributed by atoms with Gasteiger partial charge < -0.3 is 4.90 Å². The molecular weight excluding hydrogens is 230 g/mol. The summed E-state index contributed by atoms with van der Waals surface area (Å²) in [4.78, 5) is 2.38. The minimum atomic E-state index is 0.614. The summed E-state index contributed by atoms with van der Waals surface area (Å²) in [6, 6.07) is 6.37. The van der Waals surface area contributed by atoms with Crippen molar-refractivity contribution in [2.24, 2.45) is 0 Å². The number of benzene rings is 1. The number of hydrogen-bond donors (Lipinski definition) is 0. The van der Waals surface area contributed by atoms with Gasteiger partial charge in [-0.3, -0.25) is 0 Å². The predicted molar refractivity (Wildman–Crippen MR) is 78.9 cm³/mol. The molecule has 0 unspecified atom stereocenters. The zero-order chi connectivity index (χ0) is 13.3. The molecule has 0 aliphatic carbocycles. The molecule has 0 heterocycles. The first-order valence-electron chi connectivity index (χ1n) is 6.42. The van der Waals surface area contributed by atoms with Crippen molar-refractivity contribution in [1.82, 2.24) is 4.90 Å². The van der Waals surface area contributed by atoms with E-state index in [9.17, 15) is 0 Å². The van der Waals surface area contributed by atoms with Crippen LogP contribution in [0, 0.1) is 13.8 Å². The largest absolute Gasteiger partial charge is 0.304 e. The van der Waals surface area contributed by atoms with Crippen LogP contribution in [0.15, 0.2) is 18.2 Å². The average Bonchev–Trinajstić information content (AvgIpc) is 2.31. The number of rotatable bonds is 4. The van der Waals surface area contributed by atoms with Crippen molar-refractivity contribution >= 4 is 11.6 Å². The summed E-state index contributed by atoms with van der Waals surface area (Å²) in [6.45, 7) is 14.3. The number of nitrogens with zero attached hydrogens (tertiary/aromatic N) is 1. The van der Waals surface area contributed by atoms with E-state index in [-0.39, 0.29) is 0 Å². The SMILES string of the molecule is CCN(CC)CC.Cc1cc(C)cc(CCl)c1. The Kier molecular flexibility index (Phi) is 9.20. The predicted octanol–water partition coefficient (Wildman–Crippen LogP) is 4.39. The molecule has 17 heavy (non-hydrogen) atoms. The van der Waals surface area contributed by atoms with Crippen LogP contribution < -0.4 is 0 Å². The van der Waals surface area contributed by atoms with E-state index in [1.165, 1.54) is 36.3 Å². The maximum Gasteiger partial charge on any atom is 0.0474 e. The van der Waals surface area contributed by atoms with Gasteiger partial charge in [0.2, 0.25) is 0 Å². The van der Waals surface area contributed by atoms with Crippen molar-refractivity contribution in [3.8, 4) is 0 Å². The topological polar surface area (TPSA) is 3.24 Å². The van der Waals surface area contributed by atoms with Crippen molar-refractivity contribution in [3.63, 3.8) is 0 Å². The molecule has 0 radical (unpaired) electrons. The van der Waals surface area contributed by atoms with Gasteiger partial charge in [0.1, 0.15) is 0 Å². The van der Waals surface area contributed by atoms with Crippen molar-refractivity contribution in [2.75, 3.05) is 19.6 Å². The molecule has 0 atom stereocenters. The Morgan fingerprint density at radius 1 is 0.882 bits per heavy atom. The highest BCUT2D eigenvalue weighted by Gasteiger charge is 1.92. The van der Waals surface area contributed by atoms with Gasteiger partial charge in [0.05, 0.1) is 0 Å². The molecule has 0 aliphatic rings. The molecule has 0 aromatic heterocycles. The normalized spacial score (nSPS) is 10.1. The van der Waals surface area contributed by atoms with E-state index < -0.39 is 0 Å². The van der Waals surface area contributed by atoms with Crippen LogP contribution in [0.2, 0.25) is 0 Å². The summed E-state index contributed by atoms with van der Waals surface area (Å²) < 4.78 is 0. The lowest BCUT2D eigenvalue weighted by Crippen LogP contribution is -2.21. The third-order valence-corrected chi connectivity index (χ3v) is 3.09. The Labute approximate surface area is 112 Å². The highest BCUT2D eigenvalue weighted by Crippen LogP contribution is 2.10. The summed E-state index contributed by atoms with van der Waals surface area (Å²) >= 11 is 5.67. The molecule has 98 valence electrons. The van der Waals surface area contributed by atoms with Gasteiger partial charge in [0.25, 0.3) is 0 Å². The molecule has 0 N–H and O–H groups in total. The van der Waals surface area contributed by atoms with Crippen LogP contribution in [0.25, 0.3) is 0 Å². The van der Waals surface area contributed by atoms with Crippen molar-refractivity contribution in [3.05, 3.63) is 34.9 Å². The molecule has 0 fully saturated rings. The van der Waals surface area contributed by atoms with Crippen molar-refractivity contribution in [2.45, 2.75) is 40.5 Å². The van der Waals surface area contributed by atoms with E-state index in [1.807, 2.05) is 0 Å². The lowest BCUT2D eigenvalue weighted by atomic mass is 10.1. The molecule has 0 spiro atoms. The van der Waals surface area contributed by atoms with Gasteiger partial charge in [0, 0.05) is 5.88 Å². The molecule has 2 heteroatoms. The average molecular weight is 256 g/mol. The number of aryl methyl sites for hydroxylation is 2. The first-order valence-corrected chi connectivity index (χ1v) is 6.96.